The smallest absolute Gasteiger partial charge is 0.266 e. The van der Waals surface area contributed by atoms with Crippen LogP contribution in [0.4, 0.5) is 4.39 Å². The van der Waals surface area contributed by atoms with Crippen molar-refractivity contribution in [1.29, 1.82) is 0 Å². The Balaban J connectivity index is 2.71. The van der Waals surface area contributed by atoms with E-state index in [1.165, 1.54) is 23.9 Å². The minimum absolute atomic E-state index is 0.146. The third-order valence-electron chi connectivity index (χ3n) is 2.52. The Morgan fingerprint density at radius 3 is 2.76 bits per heavy atom. The van der Waals surface area contributed by atoms with Gasteiger partial charge in [-0.3, -0.25) is 4.79 Å². The van der Waals surface area contributed by atoms with Crippen molar-refractivity contribution < 1.29 is 4.39 Å². The number of hydrogen-bond donors (Lipinski definition) is 1. The van der Waals surface area contributed by atoms with Crippen molar-refractivity contribution in [3.8, 4) is 11.3 Å². The lowest BCUT2D eigenvalue weighted by Gasteiger charge is -2.08. The van der Waals surface area contributed by atoms with Crippen molar-refractivity contribution in [2.24, 2.45) is 12.8 Å². The molecule has 5 heteroatoms. The highest BCUT2D eigenvalue weighted by atomic mass is 19.1. The van der Waals surface area contributed by atoms with Crippen molar-refractivity contribution in [1.82, 2.24) is 9.78 Å². The maximum atomic E-state index is 13.7. The number of aromatic nitrogens is 2. The van der Waals surface area contributed by atoms with E-state index in [0.717, 1.165) is 0 Å². The molecule has 2 rings (SSSR count). The van der Waals surface area contributed by atoms with Crippen molar-refractivity contribution in [3.05, 3.63) is 52.1 Å². The third kappa shape index (κ3) is 2.09. The molecule has 2 N–H and O–H groups in total. The molecule has 1 aromatic carbocycles. The number of nitrogens with two attached hydrogens (primary N) is 1. The van der Waals surface area contributed by atoms with Gasteiger partial charge in [0.25, 0.3) is 5.56 Å². The zero-order chi connectivity index (χ0) is 12.4. The van der Waals surface area contributed by atoms with Crippen LogP contribution in [0.2, 0.25) is 0 Å². The summed E-state index contributed by atoms with van der Waals surface area (Å²) < 4.78 is 14.8. The van der Waals surface area contributed by atoms with Gasteiger partial charge in [0.15, 0.2) is 0 Å². The second-order valence-corrected chi connectivity index (χ2v) is 3.66. The fraction of sp³-hybridized carbons (Fsp3) is 0.167. The summed E-state index contributed by atoms with van der Waals surface area (Å²) in [5, 5.41) is 4.06. The molecule has 1 heterocycles. The van der Waals surface area contributed by atoms with Gasteiger partial charge in [0.2, 0.25) is 0 Å². The molecule has 0 unspecified atom stereocenters. The summed E-state index contributed by atoms with van der Waals surface area (Å²) in [6, 6.07) is 7.66. The summed E-state index contributed by atoms with van der Waals surface area (Å²) in [5.41, 5.74) is 6.59. The molecule has 0 aliphatic carbocycles. The molecule has 0 bridgehead atoms. The van der Waals surface area contributed by atoms with E-state index in [1.54, 1.807) is 18.2 Å². The van der Waals surface area contributed by atoms with Crippen LogP contribution in [0.1, 0.15) is 5.56 Å². The van der Waals surface area contributed by atoms with Gasteiger partial charge in [0, 0.05) is 25.2 Å². The van der Waals surface area contributed by atoms with Crippen LogP contribution in [0.25, 0.3) is 11.3 Å². The van der Waals surface area contributed by atoms with Gasteiger partial charge in [-0.05, 0) is 17.7 Å². The molecule has 0 fully saturated rings. The number of nitrogens with zero attached hydrogens (tertiary/aromatic N) is 2. The van der Waals surface area contributed by atoms with E-state index in [2.05, 4.69) is 5.10 Å². The first-order valence-corrected chi connectivity index (χ1v) is 5.15. The second kappa shape index (κ2) is 4.47. The number of benzene rings is 1. The van der Waals surface area contributed by atoms with Crippen molar-refractivity contribution in [3.63, 3.8) is 0 Å². The Kier molecular flexibility index (Phi) is 3.01. The summed E-state index contributed by atoms with van der Waals surface area (Å²) in [6.07, 6.45) is 0. The van der Waals surface area contributed by atoms with Crippen LogP contribution < -0.4 is 11.3 Å². The highest BCUT2D eigenvalue weighted by molar-refractivity contribution is 5.63. The van der Waals surface area contributed by atoms with Crippen molar-refractivity contribution >= 4 is 0 Å². The minimum atomic E-state index is -0.381. The highest BCUT2D eigenvalue weighted by Gasteiger charge is 2.12. The quantitative estimate of drug-likeness (QED) is 0.843. The van der Waals surface area contributed by atoms with Crippen molar-refractivity contribution in [2.75, 3.05) is 0 Å². The maximum Gasteiger partial charge on any atom is 0.266 e. The molecular formula is C12H12FN3O. The molecule has 88 valence electrons. The second-order valence-electron chi connectivity index (χ2n) is 3.66. The van der Waals surface area contributed by atoms with Crippen LogP contribution in [-0.2, 0) is 13.6 Å². The monoisotopic (exact) mass is 233 g/mol. The molecular weight excluding hydrogens is 221 g/mol. The van der Waals surface area contributed by atoms with Gasteiger partial charge in [-0.25, -0.2) is 9.07 Å². The summed E-state index contributed by atoms with van der Waals surface area (Å²) in [4.78, 5) is 11.4. The lowest BCUT2D eigenvalue weighted by molar-refractivity contribution is 0.627. The average Bonchev–Trinajstić information content (AvgIpc) is 2.33. The fourth-order valence-corrected chi connectivity index (χ4v) is 1.61. The Hall–Kier alpha value is -2.01. The van der Waals surface area contributed by atoms with Crippen molar-refractivity contribution in [2.45, 2.75) is 6.54 Å². The van der Waals surface area contributed by atoms with Gasteiger partial charge < -0.3 is 5.73 Å². The topological polar surface area (TPSA) is 60.9 Å². The number of aryl methyl sites for hydroxylation is 1. The molecule has 0 spiro atoms. The molecule has 0 saturated heterocycles. The molecule has 0 aliphatic heterocycles. The van der Waals surface area contributed by atoms with Gasteiger partial charge in [0.1, 0.15) is 5.82 Å². The summed E-state index contributed by atoms with van der Waals surface area (Å²) in [7, 11) is 1.52. The van der Waals surface area contributed by atoms with E-state index in [9.17, 15) is 9.18 Å². The van der Waals surface area contributed by atoms with Gasteiger partial charge in [-0.1, -0.05) is 12.1 Å². The van der Waals surface area contributed by atoms with E-state index in [4.69, 9.17) is 5.73 Å². The Morgan fingerprint density at radius 2 is 2.12 bits per heavy atom. The molecule has 0 atom stereocenters. The van der Waals surface area contributed by atoms with Crippen LogP contribution in [0.15, 0.2) is 35.1 Å². The van der Waals surface area contributed by atoms with Crippen LogP contribution in [0.3, 0.4) is 0 Å². The summed E-state index contributed by atoms with van der Waals surface area (Å²) >= 11 is 0. The molecule has 4 nitrogen and oxygen atoms in total. The third-order valence-corrected chi connectivity index (χ3v) is 2.52. The van der Waals surface area contributed by atoms with Gasteiger partial charge in [-0.2, -0.15) is 5.10 Å². The first-order valence-electron chi connectivity index (χ1n) is 5.15. The lowest BCUT2D eigenvalue weighted by atomic mass is 10.1. The van der Waals surface area contributed by atoms with Gasteiger partial charge in [-0.15, -0.1) is 0 Å². The zero-order valence-electron chi connectivity index (χ0n) is 9.35. The fourth-order valence-electron chi connectivity index (χ4n) is 1.61. The first-order chi connectivity index (χ1) is 8.13. The molecule has 0 amide bonds. The SMILES string of the molecule is Cn1nc(-c2ccccc2F)c(CN)cc1=O. The van der Waals surface area contributed by atoms with E-state index >= 15 is 0 Å². The summed E-state index contributed by atoms with van der Waals surface area (Å²) in [6.45, 7) is 0.146. The Morgan fingerprint density at radius 1 is 1.41 bits per heavy atom. The van der Waals surface area contributed by atoms with Crippen LogP contribution in [0.5, 0.6) is 0 Å². The van der Waals surface area contributed by atoms with Gasteiger partial charge in [0.05, 0.1) is 5.69 Å². The average molecular weight is 233 g/mol. The normalized spacial score (nSPS) is 10.5. The lowest BCUT2D eigenvalue weighted by Crippen LogP contribution is -2.21. The van der Waals surface area contributed by atoms with Crippen LogP contribution in [0, 0.1) is 5.82 Å². The molecule has 2 aromatic rings. The predicted octanol–water partition coefficient (Wildman–Crippen LogP) is 1.05. The predicted molar refractivity (Wildman–Crippen MR) is 62.8 cm³/mol. The standard InChI is InChI=1S/C12H12FN3O/c1-16-11(17)6-8(7-14)12(15-16)9-4-2-3-5-10(9)13/h2-6H,7,14H2,1H3. The first kappa shape index (κ1) is 11.5. The molecule has 0 radical (unpaired) electrons. The van der Waals surface area contributed by atoms with E-state index in [1.807, 2.05) is 0 Å². The molecule has 1 aromatic heterocycles. The largest absolute Gasteiger partial charge is 0.326 e. The molecule has 17 heavy (non-hydrogen) atoms. The molecule has 0 saturated carbocycles. The minimum Gasteiger partial charge on any atom is -0.326 e. The molecule has 0 aliphatic rings. The van der Waals surface area contributed by atoms with Gasteiger partial charge >= 0.3 is 0 Å². The summed E-state index contributed by atoms with van der Waals surface area (Å²) in [5.74, 6) is -0.381. The number of hydrogen-bond acceptors (Lipinski definition) is 3. The van der Waals surface area contributed by atoms with E-state index < -0.39 is 0 Å². The van der Waals surface area contributed by atoms with E-state index in [0.29, 0.717) is 16.8 Å². The van der Waals surface area contributed by atoms with E-state index in [-0.39, 0.29) is 17.9 Å². The number of halogens is 1. The van der Waals surface area contributed by atoms with Crippen LogP contribution >= 0.6 is 0 Å². The maximum absolute atomic E-state index is 13.7. The Labute approximate surface area is 97.5 Å². The van der Waals surface area contributed by atoms with Crippen LogP contribution in [-0.4, -0.2) is 9.78 Å². The highest BCUT2D eigenvalue weighted by Crippen LogP contribution is 2.22. The zero-order valence-corrected chi connectivity index (χ0v) is 9.35. The Bertz CT molecular complexity index is 607. The number of rotatable bonds is 2.